The summed E-state index contributed by atoms with van der Waals surface area (Å²) in [5.74, 6) is 1.15. The fourth-order valence-corrected chi connectivity index (χ4v) is 2.51. The van der Waals surface area contributed by atoms with E-state index in [0.29, 0.717) is 11.5 Å². The molecule has 1 aromatic carbocycles. The van der Waals surface area contributed by atoms with Gasteiger partial charge in [0.1, 0.15) is 5.82 Å². The Morgan fingerprint density at radius 3 is 2.58 bits per heavy atom. The van der Waals surface area contributed by atoms with Crippen LogP contribution in [0.25, 0.3) is 5.82 Å². The summed E-state index contributed by atoms with van der Waals surface area (Å²) < 4.78 is 7.19. The van der Waals surface area contributed by atoms with Gasteiger partial charge in [0.2, 0.25) is 0 Å². The van der Waals surface area contributed by atoms with Crippen molar-refractivity contribution in [1.82, 2.24) is 14.5 Å². The van der Waals surface area contributed by atoms with E-state index in [1.807, 2.05) is 41.8 Å². The molecule has 0 aliphatic heterocycles. The summed E-state index contributed by atoms with van der Waals surface area (Å²) in [5.41, 5.74) is 1.39. The molecule has 1 atom stereocenters. The van der Waals surface area contributed by atoms with E-state index in [0.717, 1.165) is 11.4 Å². The van der Waals surface area contributed by atoms with Gasteiger partial charge in [0.25, 0.3) is 5.91 Å². The maximum absolute atomic E-state index is 12.7. The van der Waals surface area contributed by atoms with Crippen LogP contribution in [0.15, 0.2) is 61.1 Å². The Hall–Kier alpha value is -2.99. The fourth-order valence-electron chi connectivity index (χ4n) is 2.51. The lowest BCUT2D eigenvalue weighted by molar-refractivity contribution is -0.126. The monoisotopic (exact) mass is 322 g/mol. The molecule has 3 rings (SSSR count). The Bertz CT molecular complexity index is 830. The van der Waals surface area contributed by atoms with E-state index >= 15 is 0 Å². The van der Waals surface area contributed by atoms with E-state index < -0.39 is 6.10 Å². The molecular weight excluding hydrogens is 304 g/mol. The largest absolute Gasteiger partial charge is 0.367 e. The molecule has 0 fully saturated rings. The van der Waals surface area contributed by atoms with Crippen LogP contribution in [-0.2, 0) is 9.53 Å². The molecule has 1 N–H and O–H groups in total. The Labute approximate surface area is 140 Å². The summed E-state index contributed by atoms with van der Waals surface area (Å²) in [5, 5.41) is 2.90. The van der Waals surface area contributed by atoms with E-state index in [4.69, 9.17) is 4.74 Å². The number of anilines is 1. The van der Waals surface area contributed by atoms with Gasteiger partial charge in [0.05, 0.1) is 5.69 Å². The van der Waals surface area contributed by atoms with Crippen molar-refractivity contribution in [2.45, 2.75) is 13.0 Å². The van der Waals surface area contributed by atoms with Crippen LogP contribution in [0.2, 0.25) is 0 Å². The summed E-state index contributed by atoms with van der Waals surface area (Å²) in [6.07, 6.45) is 4.48. The van der Waals surface area contributed by atoms with Gasteiger partial charge in [-0.2, -0.15) is 0 Å². The van der Waals surface area contributed by atoms with Crippen LogP contribution in [0.4, 0.5) is 5.69 Å². The number of benzene rings is 1. The highest BCUT2D eigenvalue weighted by Gasteiger charge is 2.21. The molecular formula is C18H18N4O2. The SMILES string of the molecule is CO[C@H](C(=O)Nc1cccnc1-n1ccnc1C)c1ccccc1. The van der Waals surface area contributed by atoms with Crippen LogP contribution >= 0.6 is 0 Å². The molecule has 122 valence electrons. The van der Waals surface area contributed by atoms with Crippen molar-refractivity contribution in [1.29, 1.82) is 0 Å². The zero-order chi connectivity index (χ0) is 16.9. The van der Waals surface area contributed by atoms with Crippen LogP contribution in [0, 0.1) is 6.92 Å². The van der Waals surface area contributed by atoms with Crippen molar-refractivity contribution < 1.29 is 9.53 Å². The van der Waals surface area contributed by atoms with Gasteiger partial charge >= 0.3 is 0 Å². The highest BCUT2D eigenvalue weighted by molar-refractivity contribution is 5.96. The molecule has 0 aliphatic rings. The number of methoxy groups -OCH3 is 1. The lowest BCUT2D eigenvalue weighted by Crippen LogP contribution is -2.23. The van der Waals surface area contributed by atoms with Crippen molar-refractivity contribution in [2.24, 2.45) is 0 Å². The molecule has 0 unspecified atom stereocenters. The summed E-state index contributed by atoms with van der Waals surface area (Å²) in [7, 11) is 1.52. The zero-order valence-electron chi connectivity index (χ0n) is 13.5. The molecule has 0 saturated carbocycles. The van der Waals surface area contributed by atoms with E-state index in [2.05, 4.69) is 15.3 Å². The maximum Gasteiger partial charge on any atom is 0.258 e. The number of nitrogens with one attached hydrogen (secondary N) is 1. The average Bonchev–Trinajstić information content (AvgIpc) is 3.03. The third-order valence-corrected chi connectivity index (χ3v) is 3.67. The molecule has 1 amide bonds. The van der Waals surface area contributed by atoms with Crippen molar-refractivity contribution in [2.75, 3.05) is 12.4 Å². The predicted octanol–water partition coefficient (Wildman–Crippen LogP) is 2.90. The number of carbonyl (C=O) groups excluding carboxylic acids is 1. The third kappa shape index (κ3) is 3.18. The maximum atomic E-state index is 12.7. The minimum Gasteiger partial charge on any atom is -0.367 e. The highest BCUT2D eigenvalue weighted by atomic mass is 16.5. The minimum atomic E-state index is -0.692. The number of hydrogen-bond acceptors (Lipinski definition) is 4. The van der Waals surface area contributed by atoms with Gasteiger partial charge < -0.3 is 10.1 Å². The minimum absolute atomic E-state index is 0.254. The Balaban J connectivity index is 1.89. The molecule has 2 aromatic heterocycles. The van der Waals surface area contributed by atoms with Crippen LogP contribution in [0.3, 0.4) is 0 Å². The van der Waals surface area contributed by atoms with Crippen molar-refractivity contribution in [3.63, 3.8) is 0 Å². The first-order valence-corrected chi connectivity index (χ1v) is 7.54. The van der Waals surface area contributed by atoms with Gasteiger partial charge in [-0.05, 0) is 24.6 Å². The van der Waals surface area contributed by atoms with Crippen molar-refractivity contribution >= 4 is 11.6 Å². The number of aromatic nitrogens is 3. The first-order valence-electron chi connectivity index (χ1n) is 7.54. The first-order chi connectivity index (χ1) is 11.7. The van der Waals surface area contributed by atoms with Gasteiger partial charge in [-0.1, -0.05) is 30.3 Å². The number of pyridine rings is 1. The number of carbonyl (C=O) groups is 1. The topological polar surface area (TPSA) is 69.0 Å². The van der Waals surface area contributed by atoms with Crippen LogP contribution in [-0.4, -0.2) is 27.6 Å². The Morgan fingerprint density at radius 2 is 1.92 bits per heavy atom. The van der Waals surface area contributed by atoms with Crippen molar-refractivity contribution in [3.05, 3.63) is 72.4 Å². The quantitative estimate of drug-likeness (QED) is 0.784. The number of imidazole rings is 1. The number of ether oxygens (including phenoxy) is 1. The van der Waals surface area contributed by atoms with E-state index in [1.165, 1.54) is 7.11 Å². The Morgan fingerprint density at radius 1 is 1.12 bits per heavy atom. The van der Waals surface area contributed by atoms with Gasteiger partial charge in [-0.25, -0.2) is 9.97 Å². The third-order valence-electron chi connectivity index (χ3n) is 3.67. The first kappa shape index (κ1) is 15.9. The molecule has 2 heterocycles. The van der Waals surface area contributed by atoms with E-state index in [9.17, 15) is 4.79 Å². The standard InChI is InChI=1S/C18H18N4O2/c1-13-19-11-12-22(13)17-15(9-6-10-20-17)21-18(23)16(24-2)14-7-4-3-5-8-14/h3-12,16H,1-2H3,(H,21,23)/t16-/m0/s1. The molecule has 0 aliphatic carbocycles. The number of aryl methyl sites for hydroxylation is 1. The molecule has 0 bridgehead atoms. The number of nitrogens with zero attached hydrogens (tertiary/aromatic N) is 3. The molecule has 3 aromatic rings. The number of hydrogen-bond donors (Lipinski definition) is 1. The van der Waals surface area contributed by atoms with Gasteiger partial charge in [0.15, 0.2) is 11.9 Å². The summed E-state index contributed by atoms with van der Waals surface area (Å²) in [6.45, 7) is 1.88. The molecule has 24 heavy (non-hydrogen) atoms. The van der Waals surface area contributed by atoms with Crippen LogP contribution in [0.5, 0.6) is 0 Å². The van der Waals surface area contributed by atoms with Crippen LogP contribution < -0.4 is 5.32 Å². The van der Waals surface area contributed by atoms with Gasteiger partial charge in [-0.15, -0.1) is 0 Å². The smallest absolute Gasteiger partial charge is 0.258 e. The zero-order valence-corrected chi connectivity index (χ0v) is 13.5. The second-order valence-electron chi connectivity index (χ2n) is 5.23. The highest BCUT2D eigenvalue weighted by Crippen LogP contribution is 2.22. The molecule has 6 nitrogen and oxygen atoms in total. The van der Waals surface area contributed by atoms with E-state index in [1.54, 1.807) is 30.7 Å². The van der Waals surface area contributed by atoms with E-state index in [-0.39, 0.29) is 5.91 Å². The lowest BCUT2D eigenvalue weighted by atomic mass is 10.1. The summed E-state index contributed by atoms with van der Waals surface area (Å²) in [6, 6.07) is 12.9. The van der Waals surface area contributed by atoms with Crippen LogP contribution in [0.1, 0.15) is 17.5 Å². The predicted molar refractivity (Wildman–Crippen MR) is 90.9 cm³/mol. The lowest BCUT2D eigenvalue weighted by Gasteiger charge is -2.17. The summed E-state index contributed by atoms with van der Waals surface area (Å²) in [4.78, 5) is 21.2. The number of amides is 1. The van der Waals surface area contributed by atoms with Crippen molar-refractivity contribution in [3.8, 4) is 5.82 Å². The normalized spacial score (nSPS) is 11.9. The fraction of sp³-hybridized carbons (Fsp3) is 0.167. The van der Waals surface area contributed by atoms with Gasteiger partial charge in [0, 0.05) is 25.7 Å². The molecule has 0 saturated heterocycles. The average molecular weight is 322 g/mol. The van der Waals surface area contributed by atoms with Gasteiger partial charge in [-0.3, -0.25) is 9.36 Å². The Kier molecular flexibility index (Phi) is 4.67. The second kappa shape index (κ2) is 7.06. The summed E-state index contributed by atoms with van der Waals surface area (Å²) >= 11 is 0. The molecule has 0 radical (unpaired) electrons. The molecule has 0 spiro atoms. The second-order valence-corrected chi connectivity index (χ2v) is 5.23. The molecule has 6 heteroatoms. The number of rotatable bonds is 5.